The van der Waals surface area contributed by atoms with Crippen LogP contribution in [0, 0.1) is 25.5 Å². The minimum absolute atomic E-state index is 0.103. The van der Waals surface area contributed by atoms with E-state index in [0.717, 1.165) is 17.2 Å². The largest absolute Gasteiger partial charge is 0.478 e. The van der Waals surface area contributed by atoms with Crippen molar-refractivity contribution < 1.29 is 28.2 Å². The van der Waals surface area contributed by atoms with Gasteiger partial charge in [0.2, 0.25) is 0 Å². The van der Waals surface area contributed by atoms with Gasteiger partial charge >= 0.3 is 11.9 Å². The summed E-state index contributed by atoms with van der Waals surface area (Å²) in [5, 5.41) is 8.69. The molecule has 2 aromatic carbocycles. The van der Waals surface area contributed by atoms with Crippen LogP contribution in [0.5, 0.6) is 0 Å². The summed E-state index contributed by atoms with van der Waals surface area (Å²) in [7, 11) is 1.21. The molecule has 35 heavy (non-hydrogen) atoms. The molecule has 0 radical (unpaired) electrons. The first kappa shape index (κ1) is 25.0. The Morgan fingerprint density at radius 3 is 1.49 bits per heavy atom. The number of carbonyl (C=O) groups is 2. The van der Waals surface area contributed by atoms with Crippen molar-refractivity contribution in [3.8, 4) is 22.8 Å². The second-order valence-electron chi connectivity index (χ2n) is 7.35. The molecule has 0 bridgehead atoms. The van der Waals surface area contributed by atoms with E-state index in [9.17, 15) is 18.4 Å². The number of aromatic nitrogens is 4. The highest BCUT2D eigenvalue weighted by atomic mass is 19.1. The molecule has 8 nitrogen and oxygen atoms in total. The van der Waals surface area contributed by atoms with Crippen molar-refractivity contribution in [1.29, 1.82) is 0 Å². The van der Waals surface area contributed by atoms with Crippen molar-refractivity contribution in [2.45, 2.75) is 13.8 Å². The fourth-order valence-electron chi connectivity index (χ4n) is 2.84. The average Bonchev–Trinajstić information content (AvgIpc) is 2.84. The molecule has 2 aromatic heterocycles. The van der Waals surface area contributed by atoms with Gasteiger partial charge in [0, 0.05) is 35.9 Å². The van der Waals surface area contributed by atoms with E-state index in [4.69, 9.17) is 5.11 Å². The smallest absolute Gasteiger partial charge is 0.340 e. The van der Waals surface area contributed by atoms with Crippen molar-refractivity contribution in [1.82, 2.24) is 19.9 Å². The van der Waals surface area contributed by atoms with Crippen LogP contribution in [0.4, 0.5) is 8.78 Å². The van der Waals surface area contributed by atoms with Gasteiger partial charge in [0.15, 0.2) is 11.6 Å². The molecule has 0 atom stereocenters. The molecular weight excluding hydrogens is 458 g/mol. The molecule has 0 aliphatic carbocycles. The maximum Gasteiger partial charge on any atom is 0.340 e. The minimum atomic E-state index is -1.29. The van der Waals surface area contributed by atoms with Gasteiger partial charge in [-0.1, -0.05) is 12.1 Å². The number of carbonyl (C=O) groups excluding carboxylic acids is 1. The SMILES string of the molecule is COC(=O)c1ccc(-c2ncc(C)cn2)cc1F.Cc1cnc(-c2ccc(C(=O)O)c(F)c2)nc1. The molecule has 0 aliphatic rings. The van der Waals surface area contributed by atoms with Crippen LogP contribution in [-0.4, -0.2) is 44.1 Å². The average molecular weight is 478 g/mol. The van der Waals surface area contributed by atoms with Crippen molar-refractivity contribution in [2.24, 2.45) is 0 Å². The number of carboxylic acids is 1. The summed E-state index contributed by atoms with van der Waals surface area (Å²) in [5.41, 5.74) is 2.32. The third kappa shape index (κ3) is 6.26. The van der Waals surface area contributed by atoms with Gasteiger partial charge < -0.3 is 9.84 Å². The molecule has 0 amide bonds. The van der Waals surface area contributed by atoms with Crippen molar-refractivity contribution in [3.63, 3.8) is 0 Å². The minimum Gasteiger partial charge on any atom is -0.478 e. The summed E-state index contributed by atoms with van der Waals surface area (Å²) >= 11 is 0. The van der Waals surface area contributed by atoms with Crippen LogP contribution < -0.4 is 0 Å². The summed E-state index contributed by atoms with van der Waals surface area (Å²) in [6, 6.07) is 7.97. The quantitative estimate of drug-likeness (QED) is 0.421. The van der Waals surface area contributed by atoms with E-state index in [1.165, 1.54) is 31.4 Å². The first-order valence-corrected chi connectivity index (χ1v) is 10.2. The fourth-order valence-corrected chi connectivity index (χ4v) is 2.84. The van der Waals surface area contributed by atoms with Gasteiger partial charge in [0.25, 0.3) is 0 Å². The molecule has 1 N–H and O–H groups in total. The monoisotopic (exact) mass is 478 g/mol. The van der Waals surface area contributed by atoms with Crippen LogP contribution in [-0.2, 0) is 4.74 Å². The number of aromatic carboxylic acids is 1. The predicted molar refractivity (Wildman–Crippen MR) is 123 cm³/mol. The third-order valence-electron chi connectivity index (χ3n) is 4.65. The molecule has 178 valence electrons. The predicted octanol–water partition coefficient (Wildman–Crippen LogP) is 4.67. The van der Waals surface area contributed by atoms with Crippen LogP contribution in [0.25, 0.3) is 22.8 Å². The summed E-state index contributed by atoms with van der Waals surface area (Å²) in [5.74, 6) is -2.66. The first-order chi connectivity index (χ1) is 16.7. The number of carboxylic acid groups (broad SMARTS) is 1. The summed E-state index contributed by atoms with van der Waals surface area (Å²) in [4.78, 5) is 38.1. The molecule has 4 rings (SSSR count). The zero-order valence-electron chi connectivity index (χ0n) is 19.0. The fraction of sp³-hybridized carbons (Fsp3) is 0.120. The van der Waals surface area contributed by atoms with Gasteiger partial charge in [-0.25, -0.2) is 38.3 Å². The summed E-state index contributed by atoms with van der Waals surface area (Å²) in [6.45, 7) is 3.71. The lowest BCUT2D eigenvalue weighted by Crippen LogP contribution is -2.04. The number of methoxy groups -OCH3 is 1. The lowest BCUT2D eigenvalue weighted by Gasteiger charge is -2.04. The molecule has 0 spiro atoms. The van der Waals surface area contributed by atoms with E-state index in [1.54, 1.807) is 30.9 Å². The first-order valence-electron chi connectivity index (χ1n) is 10.2. The molecule has 2 heterocycles. The van der Waals surface area contributed by atoms with E-state index in [2.05, 4.69) is 24.7 Å². The van der Waals surface area contributed by atoms with Crippen molar-refractivity contribution in [2.75, 3.05) is 7.11 Å². The van der Waals surface area contributed by atoms with Crippen LogP contribution in [0.2, 0.25) is 0 Å². The molecule has 0 fully saturated rings. The number of hydrogen-bond acceptors (Lipinski definition) is 7. The Bertz CT molecular complexity index is 1360. The number of hydrogen-bond donors (Lipinski definition) is 1. The number of ether oxygens (including phenoxy) is 1. The van der Waals surface area contributed by atoms with Gasteiger partial charge in [-0.05, 0) is 49.2 Å². The van der Waals surface area contributed by atoms with Crippen molar-refractivity contribution >= 4 is 11.9 Å². The molecule has 10 heteroatoms. The Labute approximate surface area is 199 Å². The van der Waals surface area contributed by atoms with Crippen LogP contribution in [0.3, 0.4) is 0 Å². The highest BCUT2D eigenvalue weighted by molar-refractivity contribution is 5.90. The lowest BCUT2D eigenvalue weighted by molar-refractivity contribution is 0.0594. The Morgan fingerprint density at radius 2 is 1.14 bits per heavy atom. The molecule has 4 aromatic rings. The number of nitrogens with zero attached hydrogens (tertiary/aromatic N) is 4. The second-order valence-corrected chi connectivity index (χ2v) is 7.35. The van der Waals surface area contributed by atoms with Gasteiger partial charge in [-0.15, -0.1) is 0 Å². The van der Waals surface area contributed by atoms with Crippen molar-refractivity contribution in [3.05, 3.63) is 95.1 Å². The Balaban J connectivity index is 0.000000196. The van der Waals surface area contributed by atoms with E-state index in [-0.39, 0.29) is 11.1 Å². The highest BCUT2D eigenvalue weighted by Gasteiger charge is 2.14. The van der Waals surface area contributed by atoms with E-state index in [0.29, 0.717) is 22.8 Å². The van der Waals surface area contributed by atoms with E-state index >= 15 is 0 Å². The number of esters is 1. The number of aryl methyl sites for hydroxylation is 2. The maximum absolute atomic E-state index is 13.7. The Morgan fingerprint density at radius 1 is 0.743 bits per heavy atom. The number of rotatable bonds is 4. The number of halogens is 2. The van der Waals surface area contributed by atoms with Gasteiger partial charge in [-0.3, -0.25) is 0 Å². The molecule has 0 saturated carbocycles. The van der Waals surface area contributed by atoms with Crippen LogP contribution in [0.1, 0.15) is 31.8 Å². The Kier molecular flexibility index (Phi) is 7.88. The van der Waals surface area contributed by atoms with Crippen LogP contribution >= 0.6 is 0 Å². The van der Waals surface area contributed by atoms with Crippen LogP contribution in [0.15, 0.2) is 61.2 Å². The summed E-state index contributed by atoms with van der Waals surface area (Å²) in [6.07, 6.45) is 6.53. The third-order valence-corrected chi connectivity index (χ3v) is 4.65. The molecule has 0 aliphatic heterocycles. The van der Waals surface area contributed by atoms with Gasteiger partial charge in [0.05, 0.1) is 18.2 Å². The highest BCUT2D eigenvalue weighted by Crippen LogP contribution is 2.20. The normalized spacial score (nSPS) is 10.2. The molecule has 0 unspecified atom stereocenters. The van der Waals surface area contributed by atoms with Gasteiger partial charge in [-0.2, -0.15) is 0 Å². The second kappa shape index (κ2) is 11.0. The van der Waals surface area contributed by atoms with Gasteiger partial charge in [0.1, 0.15) is 11.6 Å². The zero-order valence-corrected chi connectivity index (χ0v) is 19.0. The number of benzene rings is 2. The lowest BCUT2D eigenvalue weighted by atomic mass is 10.1. The topological polar surface area (TPSA) is 115 Å². The molecule has 0 saturated heterocycles. The standard InChI is InChI=1S/C13H11FN2O2.C12H9FN2O2/c1-8-6-15-12(16-7-8)9-3-4-10(11(14)5-9)13(17)18-2;1-7-5-14-11(15-6-7)8-2-3-9(12(16)17)10(13)4-8/h3-7H,1-2H3;2-6H,1H3,(H,16,17). The maximum atomic E-state index is 13.7. The van der Waals surface area contributed by atoms with E-state index in [1.807, 2.05) is 13.8 Å². The van der Waals surface area contributed by atoms with E-state index < -0.39 is 23.6 Å². The Hall–Kier alpha value is -4.60. The summed E-state index contributed by atoms with van der Waals surface area (Å²) < 4.78 is 31.6. The molecular formula is C25H20F2N4O4. The zero-order chi connectivity index (χ0) is 25.5.